The van der Waals surface area contributed by atoms with Crippen LogP contribution in [-0.2, 0) is 4.79 Å². The molecule has 3 rings (SSSR count). The van der Waals surface area contributed by atoms with Gasteiger partial charge in [0.25, 0.3) is 5.91 Å². The predicted molar refractivity (Wildman–Crippen MR) is 76.3 cm³/mol. The first-order valence-corrected chi connectivity index (χ1v) is 7.18. The standard InChI is InChI=1S/C16H20N2O2/c1-17-12-16(11-14(17)19)7-9-18(10-8-16)15(20)13-5-3-2-4-6-13/h2-6H,7-12H2,1H3. The average Bonchev–Trinajstić information content (AvgIpc) is 2.74. The zero-order valence-electron chi connectivity index (χ0n) is 11.8. The summed E-state index contributed by atoms with van der Waals surface area (Å²) >= 11 is 0. The van der Waals surface area contributed by atoms with E-state index in [0.29, 0.717) is 6.42 Å². The van der Waals surface area contributed by atoms with E-state index in [1.54, 1.807) is 0 Å². The summed E-state index contributed by atoms with van der Waals surface area (Å²) in [6.07, 6.45) is 2.51. The van der Waals surface area contributed by atoms with Crippen molar-refractivity contribution < 1.29 is 9.59 Å². The van der Waals surface area contributed by atoms with Gasteiger partial charge in [0, 0.05) is 44.1 Å². The minimum atomic E-state index is 0.109. The highest BCUT2D eigenvalue weighted by Crippen LogP contribution is 2.40. The first kappa shape index (κ1) is 13.2. The molecule has 1 aromatic rings. The minimum absolute atomic E-state index is 0.109. The van der Waals surface area contributed by atoms with Crippen LogP contribution in [0.15, 0.2) is 30.3 Å². The number of rotatable bonds is 1. The van der Waals surface area contributed by atoms with Crippen molar-refractivity contribution >= 4 is 11.8 Å². The molecule has 0 bridgehead atoms. The van der Waals surface area contributed by atoms with Crippen LogP contribution in [0, 0.1) is 5.41 Å². The van der Waals surface area contributed by atoms with E-state index in [1.165, 1.54) is 0 Å². The van der Waals surface area contributed by atoms with Crippen LogP contribution in [-0.4, -0.2) is 48.3 Å². The quantitative estimate of drug-likeness (QED) is 0.782. The predicted octanol–water partition coefficient (Wildman–Crippen LogP) is 1.77. The van der Waals surface area contributed by atoms with E-state index in [-0.39, 0.29) is 17.2 Å². The number of carbonyl (C=O) groups excluding carboxylic acids is 2. The highest BCUT2D eigenvalue weighted by molar-refractivity contribution is 5.94. The second kappa shape index (κ2) is 4.93. The summed E-state index contributed by atoms with van der Waals surface area (Å²) in [7, 11) is 1.87. The Labute approximate surface area is 119 Å². The normalized spacial score (nSPS) is 21.6. The maximum Gasteiger partial charge on any atom is 0.253 e. The first-order chi connectivity index (χ1) is 9.60. The van der Waals surface area contributed by atoms with E-state index < -0.39 is 0 Å². The van der Waals surface area contributed by atoms with Crippen LogP contribution in [0.3, 0.4) is 0 Å². The number of hydrogen-bond donors (Lipinski definition) is 0. The highest BCUT2D eigenvalue weighted by Gasteiger charge is 2.44. The van der Waals surface area contributed by atoms with Crippen molar-refractivity contribution in [2.45, 2.75) is 19.3 Å². The van der Waals surface area contributed by atoms with Crippen LogP contribution < -0.4 is 0 Å². The molecule has 0 radical (unpaired) electrons. The van der Waals surface area contributed by atoms with Gasteiger partial charge in [0.2, 0.25) is 5.91 Å². The molecule has 2 fully saturated rings. The summed E-state index contributed by atoms with van der Waals surface area (Å²) in [6, 6.07) is 9.42. The molecule has 106 valence electrons. The number of piperidine rings is 1. The van der Waals surface area contributed by atoms with E-state index in [4.69, 9.17) is 0 Å². The first-order valence-electron chi connectivity index (χ1n) is 7.18. The number of benzene rings is 1. The minimum Gasteiger partial charge on any atom is -0.345 e. The molecule has 0 saturated carbocycles. The Morgan fingerprint density at radius 1 is 1.15 bits per heavy atom. The molecule has 2 aliphatic heterocycles. The second-order valence-electron chi connectivity index (χ2n) is 6.08. The van der Waals surface area contributed by atoms with Gasteiger partial charge in [-0.2, -0.15) is 0 Å². The zero-order valence-corrected chi connectivity index (χ0v) is 11.8. The lowest BCUT2D eigenvalue weighted by molar-refractivity contribution is -0.126. The van der Waals surface area contributed by atoms with Crippen molar-refractivity contribution in [3.63, 3.8) is 0 Å². The van der Waals surface area contributed by atoms with Crippen molar-refractivity contribution in [2.24, 2.45) is 5.41 Å². The fourth-order valence-corrected chi connectivity index (χ4v) is 3.39. The van der Waals surface area contributed by atoms with Crippen molar-refractivity contribution in [2.75, 3.05) is 26.7 Å². The molecule has 2 amide bonds. The van der Waals surface area contributed by atoms with Gasteiger partial charge in [-0.3, -0.25) is 9.59 Å². The maximum atomic E-state index is 12.4. The Kier molecular flexibility index (Phi) is 3.24. The van der Waals surface area contributed by atoms with Crippen molar-refractivity contribution in [1.82, 2.24) is 9.80 Å². The Morgan fingerprint density at radius 3 is 2.35 bits per heavy atom. The van der Waals surface area contributed by atoms with Crippen LogP contribution in [0.4, 0.5) is 0 Å². The monoisotopic (exact) mass is 272 g/mol. The molecule has 1 spiro atoms. The smallest absolute Gasteiger partial charge is 0.253 e. The van der Waals surface area contributed by atoms with Crippen LogP contribution in [0.5, 0.6) is 0 Å². The number of nitrogens with zero attached hydrogens (tertiary/aromatic N) is 2. The van der Waals surface area contributed by atoms with Gasteiger partial charge < -0.3 is 9.80 Å². The molecule has 0 unspecified atom stereocenters. The number of amides is 2. The lowest BCUT2D eigenvalue weighted by Crippen LogP contribution is -2.44. The molecule has 2 heterocycles. The van der Waals surface area contributed by atoms with E-state index >= 15 is 0 Å². The van der Waals surface area contributed by atoms with Gasteiger partial charge in [-0.15, -0.1) is 0 Å². The fourth-order valence-electron chi connectivity index (χ4n) is 3.39. The molecule has 20 heavy (non-hydrogen) atoms. The van der Waals surface area contributed by atoms with Crippen molar-refractivity contribution in [1.29, 1.82) is 0 Å². The largest absolute Gasteiger partial charge is 0.345 e. The number of likely N-dealkylation sites (tertiary alicyclic amines) is 2. The molecule has 0 aromatic heterocycles. The van der Waals surface area contributed by atoms with E-state index in [9.17, 15) is 9.59 Å². The van der Waals surface area contributed by atoms with Gasteiger partial charge in [0.15, 0.2) is 0 Å². The van der Waals surface area contributed by atoms with E-state index in [0.717, 1.165) is 38.0 Å². The molecule has 4 heteroatoms. The van der Waals surface area contributed by atoms with Gasteiger partial charge in [-0.1, -0.05) is 18.2 Å². The molecule has 0 N–H and O–H groups in total. The number of carbonyl (C=O) groups is 2. The summed E-state index contributed by atoms with van der Waals surface area (Å²) < 4.78 is 0. The molecule has 0 aliphatic carbocycles. The molecular formula is C16H20N2O2. The van der Waals surface area contributed by atoms with Crippen LogP contribution >= 0.6 is 0 Å². The molecule has 1 aromatic carbocycles. The average molecular weight is 272 g/mol. The fraction of sp³-hybridized carbons (Fsp3) is 0.500. The maximum absolute atomic E-state index is 12.4. The van der Waals surface area contributed by atoms with Crippen LogP contribution in [0.1, 0.15) is 29.6 Å². The van der Waals surface area contributed by atoms with Crippen LogP contribution in [0.2, 0.25) is 0 Å². The Morgan fingerprint density at radius 2 is 1.80 bits per heavy atom. The topological polar surface area (TPSA) is 40.6 Å². The molecule has 2 aliphatic rings. The molecular weight excluding hydrogens is 252 g/mol. The van der Waals surface area contributed by atoms with Crippen molar-refractivity contribution in [3.8, 4) is 0 Å². The van der Waals surface area contributed by atoms with Gasteiger partial charge in [-0.25, -0.2) is 0 Å². The van der Waals surface area contributed by atoms with Crippen LogP contribution in [0.25, 0.3) is 0 Å². The van der Waals surface area contributed by atoms with Crippen molar-refractivity contribution in [3.05, 3.63) is 35.9 Å². The SMILES string of the molecule is CN1CC2(CCN(C(=O)c3ccccc3)CC2)CC1=O. The molecule has 2 saturated heterocycles. The van der Waals surface area contributed by atoms with Gasteiger partial charge in [0.1, 0.15) is 0 Å². The third-order valence-corrected chi connectivity index (χ3v) is 4.66. The lowest BCUT2D eigenvalue weighted by atomic mass is 9.77. The Balaban J connectivity index is 1.65. The Hall–Kier alpha value is -1.84. The summed E-state index contributed by atoms with van der Waals surface area (Å²) in [5, 5.41) is 0. The summed E-state index contributed by atoms with van der Waals surface area (Å²) in [6.45, 7) is 2.36. The summed E-state index contributed by atoms with van der Waals surface area (Å²) in [5.74, 6) is 0.353. The molecule has 4 nitrogen and oxygen atoms in total. The van der Waals surface area contributed by atoms with Gasteiger partial charge in [-0.05, 0) is 25.0 Å². The van der Waals surface area contributed by atoms with Gasteiger partial charge in [0.05, 0.1) is 0 Å². The van der Waals surface area contributed by atoms with Gasteiger partial charge >= 0.3 is 0 Å². The Bertz CT molecular complexity index is 519. The summed E-state index contributed by atoms with van der Waals surface area (Å²) in [4.78, 5) is 27.9. The molecule has 0 atom stereocenters. The zero-order chi connectivity index (χ0) is 14.2. The van der Waals surface area contributed by atoms with E-state index in [2.05, 4.69) is 0 Å². The third kappa shape index (κ3) is 2.30. The third-order valence-electron chi connectivity index (χ3n) is 4.66. The summed E-state index contributed by atoms with van der Waals surface area (Å²) in [5.41, 5.74) is 0.863. The van der Waals surface area contributed by atoms with E-state index in [1.807, 2.05) is 47.2 Å². The lowest BCUT2D eigenvalue weighted by Gasteiger charge is -2.38. The number of hydrogen-bond acceptors (Lipinski definition) is 2. The highest BCUT2D eigenvalue weighted by atomic mass is 16.2. The second-order valence-corrected chi connectivity index (χ2v) is 6.08.